The van der Waals surface area contributed by atoms with Crippen LogP contribution in [0.4, 0.5) is 10.5 Å². The van der Waals surface area contributed by atoms with Crippen molar-refractivity contribution in [3.05, 3.63) is 44.8 Å². The molecule has 1 aromatic carbocycles. The quantitative estimate of drug-likeness (QED) is 0.453. The number of carbonyl (C=O) groups excluding carboxylic acids is 2. The third kappa shape index (κ3) is 6.93. The number of halogens is 1. The number of rotatable bonds is 9. The SMILES string of the molecule is CCOC(=O)c1csc(CN(CCCOC)C(=O)Nc2cccc(Br)c2)n1. The molecule has 0 saturated heterocycles. The third-order valence-corrected chi connectivity index (χ3v) is 4.83. The molecule has 0 aliphatic rings. The Morgan fingerprint density at radius 3 is 2.89 bits per heavy atom. The highest BCUT2D eigenvalue weighted by molar-refractivity contribution is 9.10. The van der Waals surface area contributed by atoms with E-state index in [1.54, 1.807) is 24.3 Å². The van der Waals surface area contributed by atoms with Gasteiger partial charge in [-0.3, -0.25) is 0 Å². The molecule has 0 saturated carbocycles. The summed E-state index contributed by atoms with van der Waals surface area (Å²) >= 11 is 4.71. The van der Waals surface area contributed by atoms with Crippen molar-refractivity contribution in [2.24, 2.45) is 0 Å². The first-order valence-corrected chi connectivity index (χ1v) is 10.1. The molecule has 1 N–H and O–H groups in total. The smallest absolute Gasteiger partial charge is 0.357 e. The Morgan fingerprint density at radius 2 is 2.19 bits per heavy atom. The van der Waals surface area contributed by atoms with Crippen LogP contribution < -0.4 is 5.32 Å². The van der Waals surface area contributed by atoms with Crippen LogP contribution >= 0.6 is 27.3 Å². The molecule has 146 valence electrons. The molecule has 9 heteroatoms. The van der Waals surface area contributed by atoms with Crippen molar-refractivity contribution in [3.63, 3.8) is 0 Å². The van der Waals surface area contributed by atoms with E-state index < -0.39 is 5.97 Å². The predicted octanol–water partition coefficient (Wildman–Crippen LogP) is 4.15. The van der Waals surface area contributed by atoms with Gasteiger partial charge >= 0.3 is 12.0 Å². The summed E-state index contributed by atoms with van der Waals surface area (Å²) in [5, 5.41) is 5.19. The van der Waals surface area contributed by atoms with Crippen LogP contribution in [-0.2, 0) is 16.0 Å². The van der Waals surface area contributed by atoms with Crippen LogP contribution in [0, 0.1) is 0 Å². The number of amides is 2. The molecule has 27 heavy (non-hydrogen) atoms. The van der Waals surface area contributed by atoms with Gasteiger partial charge in [-0.2, -0.15) is 0 Å². The van der Waals surface area contributed by atoms with Crippen molar-refractivity contribution in [1.82, 2.24) is 9.88 Å². The topological polar surface area (TPSA) is 80.8 Å². The summed E-state index contributed by atoms with van der Waals surface area (Å²) in [5.74, 6) is -0.454. The van der Waals surface area contributed by atoms with Crippen LogP contribution in [-0.4, -0.2) is 48.8 Å². The van der Waals surface area contributed by atoms with Gasteiger partial charge in [0.1, 0.15) is 5.01 Å². The van der Waals surface area contributed by atoms with Crippen LogP contribution in [0.15, 0.2) is 34.1 Å². The number of hydrogen-bond acceptors (Lipinski definition) is 6. The molecule has 2 rings (SSSR count). The highest BCUT2D eigenvalue weighted by Crippen LogP contribution is 2.18. The van der Waals surface area contributed by atoms with Gasteiger partial charge in [0, 0.05) is 35.8 Å². The first-order chi connectivity index (χ1) is 13.0. The zero-order valence-electron chi connectivity index (χ0n) is 15.2. The Balaban J connectivity index is 2.06. The zero-order chi connectivity index (χ0) is 19.6. The van der Waals surface area contributed by atoms with Gasteiger partial charge in [0.25, 0.3) is 0 Å². The van der Waals surface area contributed by atoms with Crippen molar-refractivity contribution in [2.45, 2.75) is 19.9 Å². The largest absolute Gasteiger partial charge is 0.461 e. The molecule has 0 spiro atoms. The Hall–Kier alpha value is -1.97. The highest BCUT2D eigenvalue weighted by Gasteiger charge is 2.18. The van der Waals surface area contributed by atoms with E-state index in [0.717, 1.165) is 4.47 Å². The number of urea groups is 1. The Kier molecular flexibility index (Phi) is 8.70. The Labute approximate surface area is 170 Å². The third-order valence-electron chi connectivity index (χ3n) is 3.50. The van der Waals surface area contributed by atoms with Crippen LogP contribution in [0.2, 0.25) is 0 Å². The average Bonchev–Trinajstić information content (AvgIpc) is 3.10. The number of ether oxygens (including phenoxy) is 2. The van der Waals surface area contributed by atoms with Crippen LogP contribution in [0.5, 0.6) is 0 Å². The summed E-state index contributed by atoms with van der Waals surface area (Å²) in [4.78, 5) is 30.4. The minimum atomic E-state index is -0.454. The van der Waals surface area contributed by atoms with Gasteiger partial charge in [0.2, 0.25) is 0 Å². The van der Waals surface area contributed by atoms with Crippen molar-refractivity contribution < 1.29 is 19.1 Å². The molecule has 2 aromatic rings. The number of thiazole rings is 1. The lowest BCUT2D eigenvalue weighted by Crippen LogP contribution is -2.35. The van der Waals surface area contributed by atoms with Gasteiger partial charge in [0.05, 0.1) is 13.2 Å². The lowest BCUT2D eigenvalue weighted by molar-refractivity contribution is 0.0520. The zero-order valence-corrected chi connectivity index (χ0v) is 17.6. The van der Waals surface area contributed by atoms with Crippen LogP contribution in [0.1, 0.15) is 28.8 Å². The normalized spacial score (nSPS) is 10.5. The number of benzene rings is 1. The maximum atomic E-state index is 12.7. The molecule has 7 nitrogen and oxygen atoms in total. The molecule has 2 amide bonds. The monoisotopic (exact) mass is 455 g/mol. The maximum Gasteiger partial charge on any atom is 0.357 e. The standard InChI is InChI=1S/C18H22BrN3O4S/c1-3-26-17(23)15-12-27-16(21-15)11-22(8-5-9-25-2)18(24)20-14-7-4-6-13(19)10-14/h4,6-7,10,12H,3,5,8-9,11H2,1-2H3,(H,20,24). The van der Waals surface area contributed by atoms with E-state index in [1.807, 2.05) is 24.3 Å². The Morgan fingerprint density at radius 1 is 1.37 bits per heavy atom. The van der Waals surface area contributed by atoms with Gasteiger partial charge in [-0.25, -0.2) is 14.6 Å². The second-order valence-electron chi connectivity index (χ2n) is 5.56. The summed E-state index contributed by atoms with van der Waals surface area (Å²) in [7, 11) is 1.62. The van der Waals surface area contributed by atoms with Crippen LogP contribution in [0.25, 0.3) is 0 Å². The number of nitrogens with zero attached hydrogens (tertiary/aromatic N) is 2. The lowest BCUT2D eigenvalue weighted by Gasteiger charge is -2.22. The van der Waals surface area contributed by atoms with Crippen molar-refractivity contribution in [1.29, 1.82) is 0 Å². The Bertz CT molecular complexity index is 769. The molecule has 1 aromatic heterocycles. The fraction of sp³-hybridized carbons (Fsp3) is 0.389. The van der Waals surface area contributed by atoms with E-state index in [2.05, 4.69) is 26.2 Å². The van der Waals surface area contributed by atoms with E-state index in [9.17, 15) is 9.59 Å². The molecular weight excluding hydrogens is 434 g/mol. The van der Waals surface area contributed by atoms with Gasteiger partial charge in [-0.15, -0.1) is 11.3 Å². The number of hydrogen-bond donors (Lipinski definition) is 1. The van der Waals surface area contributed by atoms with Crippen molar-refractivity contribution in [2.75, 3.05) is 32.2 Å². The summed E-state index contributed by atoms with van der Waals surface area (Å²) in [6.45, 7) is 3.39. The molecule has 0 bridgehead atoms. The summed E-state index contributed by atoms with van der Waals surface area (Å²) in [5.41, 5.74) is 0.957. The first kappa shape index (κ1) is 21.3. The predicted molar refractivity (Wildman–Crippen MR) is 108 cm³/mol. The number of aromatic nitrogens is 1. The number of anilines is 1. The molecule has 0 aliphatic heterocycles. The average molecular weight is 456 g/mol. The van der Waals surface area contributed by atoms with Gasteiger partial charge in [0.15, 0.2) is 5.69 Å². The molecule has 0 atom stereocenters. The molecule has 1 heterocycles. The van der Waals surface area contributed by atoms with E-state index >= 15 is 0 Å². The van der Waals surface area contributed by atoms with Gasteiger partial charge < -0.3 is 19.7 Å². The van der Waals surface area contributed by atoms with E-state index in [1.165, 1.54) is 11.3 Å². The molecule has 0 aliphatic carbocycles. The summed E-state index contributed by atoms with van der Waals surface area (Å²) in [6.07, 6.45) is 0.693. The van der Waals surface area contributed by atoms with E-state index in [4.69, 9.17) is 9.47 Å². The van der Waals surface area contributed by atoms with E-state index in [-0.39, 0.29) is 11.7 Å². The van der Waals surface area contributed by atoms with Crippen molar-refractivity contribution in [3.8, 4) is 0 Å². The molecule has 0 unspecified atom stereocenters. The van der Waals surface area contributed by atoms with Crippen LogP contribution in [0.3, 0.4) is 0 Å². The van der Waals surface area contributed by atoms with Gasteiger partial charge in [-0.05, 0) is 31.5 Å². The second-order valence-corrected chi connectivity index (χ2v) is 7.41. The number of esters is 1. The van der Waals surface area contributed by atoms with Gasteiger partial charge in [-0.1, -0.05) is 22.0 Å². The minimum Gasteiger partial charge on any atom is -0.461 e. The second kappa shape index (κ2) is 11.0. The number of carbonyl (C=O) groups is 2. The maximum absolute atomic E-state index is 12.7. The fourth-order valence-corrected chi connectivity index (χ4v) is 3.44. The summed E-state index contributed by atoms with van der Waals surface area (Å²) in [6, 6.07) is 7.14. The van der Waals surface area contributed by atoms with Crippen molar-refractivity contribution >= 4 is 45.0 Å². The first-order valence-electron chi connectivity index (χ1n) is 8.45. The highest BCUT2D eigenvalue weighted by atomic mass is 79.9. The minimum absolute atomic E-state index is 0.239. The lowest BCUT2D eigenvalue weighted by atomic mass is 10.3. The number of methoxy groups -OCH3 is 1. The molecular formula is C18H22BrN3O4S. The molecule has 0 radical (unpaired) electrons. The number of nitrogens with one attached hydrogen (secondary N) is 1. The fourth-order valence-electron chi connectivity index (χ4n) is 2.27. The summed E-state index contributed by atoms with van der Waals surface area (Å²) < 4.78 is 10.9. The van der Waals surface area contributed by atoms with E-state index in [0.29, 0.717) is 43.4 Å². The molecule has 0 fully saturated rings.